The van der Waals surface area contributed by atoms with Crippen LogP contribution >= 0.6 is 11.6 Å². The summed E-state index contributed by atoms with van der Waals surface area (Å²) in [4.78, 5) is 33.3. The first kappa shape index (κ1) is 18.6. The molecular weight excluding hydrogens is 350 g/mol. The molecule has 2 heterocycles. The number of likely N-dealkylation sites (tertiary alicyclic amines) is 1. The Bertz CT molecular complexity index is 817. The third-order valence-electron chi connectivity index (χ3n) is 4.84. The van der Waals surface area contributed by atoms with Crippen LogP contribution in [0.15, 0.2) is 35.1 Å². The molecule has 1 aromatic heterocycles. The minimum atomic E-state index is -0.126. The third kappa shape index (κ3) is 4.94. The summed E-state index contributed by atoms with van der Waals surface area (Å²) in [6.07, 6.45) is 4.14. The second-order valence-corrected chi connectivity index (χ2v) is 7.35. The van der Waals surface area contributed by atoms with Crippen LogP contribution in [0, 0.1) is 6.92 Å². The Kier molecular flexibility index (Phi) is 6.09. The molecule has 1 saturated heterocycles. The zero-order valence-electron chi connectivity index (χ0n) is 15.0. The van der Waals surface area contributed by atoms with E-state index in [9.17, 15) is 9.59 Å². The van der Waals surface area contributed by atoms with E-state index in [2.05, 4.69) is 9.97 Å². The first-order valence-corrected chi connectivity index (χ1v) is 9.49. The number of aromatic amines is 1. The van der Waals surface area contributed by atoms with E-state index in [1.54, 1.807) is 13.0 Å². The monoisotopic (exact) mass is 373 g/mol. The number of hydrogen-bond donors (Lipinski definition) is 1. The zero-order valence-corrected chi connectivity index (χ0v) is 15.8. The maximum Gasteiger partial charge on any atom is 0.251 e. The normalized spacial score (nSPS) is 17.3. The molecule has 26 heavy (non-hydrogen) atoms. The van der Waals surface area contributed by atoms with Crippen molar-refractivity contribution in [1.29, 1.82) is 0 Å². The number of piperidine rings is 1. The summed E-state index contributed by atoms with van der Waals surface area (Å²) >= 11 is 5.89. The highest BCUT2D eigenvalue weighted by Gasteiger charge is 2.25. The lowest BCUT2D eigenvalue weighted by Crippen LogP contribution is -2.39. The molecule has 0 radical (unpaired) electrons. The van der Waals surface area contributed by atoms with Crippen LogP contribution < -0.4 is 5.56 Å². The summed E-state index contributed by atoms with van der Waals surface area (Å²) in [6.45, 7) is 3.22. The molecule has 0 bridgehead atoms. The number of rotatable bonds is 5. The fraction of sp³-hybridized carbons (Fsp3) is 0.450. The van der Waals surface area contributed by atoms with Gasteiger partial charge in [-0.25, -0.2) is 4.98 Å². The highest BCUT2D eigenvalue weighted by Crippen LogP contribution is 2.25. The Labute approximate surface area is 158 Å². The summed E-state index contributed by atoms with van der Waals surface area (Å²) in [6, 6.07) is 9.33. The molecule has 1 N–H and O–H groups in total. The minimum Gasteiger partial charge on any atom is -0.342 e. The maximum atomic E-state index is 12.6. The summed E-state index contributed by atoms with van der Waals surface area (Å²) in [5.41, 5.74) is 1.87. The van der Waals surface area contributed by atoms with Crippen molar-refractivity contribution in [2.45, 2.75) is 44.9 Å². The first-order valence-electron chi connectivity index (χ1n) is 9.11. The van der Waals surface area contributed by atoms with Crippen molar-refractivity contribution in [3.05, 3.63) is 62.8 Å². The molecule has 1 amide bonds. The molecule has 3 rings (SSSR count). The van der Waals surface area contributed by atoms with Crippen LogP contribution in [0.1, 0.15) is 48.7 Å². The number of aromatic nitrogens is 2. The van der Waals surface area contributed by atoms with Gasteiger partial charge in [0.25, 0.3) is 5.56 Å². The average molecular weight is 374 g/mol. The second-order valence-electron chi connectivity index (χ2n) is 6.91. The van der Waals surface area contributed by atoms with Crippen molar-refractivity contribution in [2.24, 2.45) is 0 Å². The van der Waals surface area contributed by atoms with Crippen molar-refractivity contribution in [3.8, 4) is 0 Å². The lowest BCUT2D eigenvalue weighted by atomic mass is 9.94. The smallest absolute Gasteiger partial charge is 0.251 e. The molecule has 1 aliphatic rings. The summed E-state index contributed by atoms with van der Waals surface area (Å²) in [5.74, 6) is 0.953. The molecule has 0 spiro atoms. The van der Waals surface area contributed by atoms with Crippen LogP contribution in [0.4, 0.5) is 0 Å². The predicted molar refractivity (Wildman–Crippen MR) is 103 cm³/mol. The van der Waals surface area contributed by atoms with Gasteiger partial charge in [0.05, 0.1) is 5.69 Å². The van der Waals surface area contributed by atoms with Crippen LogP contribution in [0.25, 0.3) is 0 Å². The van der Waals surface area contributed by atoms with Crippen LogP contribution in [0.2, 0.25) is 5.02 Å². The van der Waals surface area contributed by atoms with Gasteiger partial charge in [0, 0.05) is 36.5 Å². The number of H-pyrrole nitrogens is 1. The molecule has 1 aliphatic heterocycles. The number of halogens is 1. The molecule has 1 atom stereocenters. The Morgan fingerprint density at radius 2 is 2.12 bits per heavy atom. The van der Waals surface area contributed by atoms with E-state index in [0.29, 0.717) is 18.8 Å². The number of nitrogens with one attached hydrogen (secondary N) is 1. The molecular formula is C20H24ClN3O2. The molecule has 1 fully saturated rings. The SMILES string of the molecule is Cc1nc([C@H]2CCCN(C(=O)CCCc3ccc(Cl)cc3)C2)cc(=O)[nH]1. The molecule has 0 aliphatic carbocycles. The average Bonchev–Trinajstić information content (AvgIpc) is 2.62. The van der Waals surface area contributed by atoms with E-state index in [4.69, 9.17) is 11.6 Å². The lowest BCUT2D eigenvalue weighted by Gasteiger charge is -2.32. The number of carbonyl (C=O) groups excluding carboxylic acids is 1. The largest absolute Gasteiger partial charge is 0.342 e. The number of benzene rings is 1. The number of aryl methyl sites for hydroxylation is 2. The first-order chi connectivity index (χ1) is 12.5. The molecule has 0 saturated carbocycles. The maximum absolute atomic E-state index is 12.6. The van der Waals surface area contributed by atoms with Gasteiger partial charge < -0.3 is 9.88 Å². The quantitative estimate of drug-likeness (QED) is 0.872. The van der Waals surface area contributed by atoms with E-state index < -0.39 is 0 Å². The van der Waals surface area contributed by atoms with Crippen molar-refractivity contribution in [3.63, 3.8) is 0 Å². The fourth-order valence-electron chi connectivity index (χ4n) is 3.51. The Morgan fingerprint density at radius 3 is 2.85 bits per heavy atom. The van der Waals surface area contributed by atoms with Crippen LogP contribution in [0.3, 0.4) is 0 Å². The van der Waals surface area contributed by atoms with E-state index in [0.717, 1.165) is 42.9 Å². The predicted octanol–water partition coefficient (Wildman–Crippen LogP) is 3.46. The van der Waals surface area contributed by atoms with Gasteiger partial charge >= 0.3 is 0 Å². The number of carbonyl (C=O) groups is 1. The van der Waals surface area contributed by atoms with Gasteiger partial charge in [0.15, 0.2) is 0 Å². The number of amides is 1. The van der Waals surface area contributed by atoms with Crippen molar-refractivity contribution in [2.75, 3.05) is 13.1 Å². The minimum absolute atomic E-state index is 0.126. The van der Waals surface area contributed by atoms with Gasteiger partial charge in [-0.05, 0) is 50.3 Å². The number of nitrogens with zero attached hydrogens (tertiary/aromatic N) is 2. The van der Waals surface area contributed by atoms with E-state index in [1.165, 1.54) is 5.56 Å². The Morgan fingerprint density at radius 1 is 1.35 bits per heavy atom. The van der Waals surface area contributed by atoms with Gasteiger partial charge in [-0.15, -0.1) is 0 Å². The van der Waals surface area contributed by atoms with E-state index >= 15 is 0 Å². The molecule has 138 valence electrons. The highest BCUT2D eigenvalue weighted by atomic mass is 35.5. The van der Waals surface area contributed by atoms with E-state index in [1.807, 2.05) is 29.2 Å². The Balaban J connectivity index is 1.54. The van der Waals surface area contributed by atoms with Crippen LogP contribution in [-0.4, -0.2) is 33.9 Å². The molecule has 5 nitrogen and oxygen atoms in total. The standard InChI is InChI=1S/C20H24ClN3O2/c1-14-22-18(12-19(25)23-14)16-5-3-11-24(13-16)20(26)6-2-4-15-7-9-17(21)10-8-15/h7-10,12,16H,2-6,11,13H2,1H3,(H,22,23,25)/t16-/m0/s1. The lowest BCUT2D eigenvalue weighted by molar-refractivity contribution is -0.132. The van der Waals surface area contributed by atoms with E-state index in [-0.39, 0.29) is 17.4 Å². The second kappa shape index (κ2) is 8.49. The summed E-state index contributed by atoms with van der Waals surface area (Å²) in [5, 5.41) is 0.729. The fourth-order valence-corrected chi connectivity index (χ4v) is 3.64. The van der Waals surface area contributed by atoms with Gasteiger partial charge in [0.2, 0.25) is 5.91 Å². The zero-order chi connectivity index (χ0) is 18.5. The van der Waals surface area contributed by atoms with Crippen LogP contribution in [-0.2, 0) is 11.2 Å². The van der Waals surface area contributed by atoms with Crippen molar-refractivity contribution >= 4 is 17.5 Å². The van der Waals surface area contributed by atoms with Crippen molar-refractivity contribution in [1.82, 2.24) is 14.9 Å². The van der Waals surface area contributed by atoms with Crippen molar-refractivity contribution < 1.29 is 4.79 Å². The molecule has 6 heteroatoms. The summed E-state index contributed by atoms with van der Waals surface area (Å²) in [7, 11) is 0. The molecule has 2 aromatic rings. The van der Waals surface area contributed by atoms with Gasteiger partial charge in [-0.1, -0.05) is 23.7 Å². The van der Waals surface area contributed by atoms with Crippen LogP contribution in [0.5, 0.6) is 0 Å². The van der Waals surface area contributed by atoms with Gasteiger partial charge in [-0.3, -0.25) is 9.59 Å². The summed E-state index contributed by atoms with van der Waals surface area (Å²) < 4.78 is 0. The number of hydrogen-bond acceptors (Lipinski definition) is 3. The molecule has 1 aromatic carbocycles. The topological polar surface area (TPSA) is 66.1 Å². The molecule has 0 unspecified atom stereocenters. The van der Waals surface area contributed by atoms with Gasteiger partial charge in [-0.2, -0.15) is 0 Å². The van der Waals surface area contributed by atoms with Gasteiger partial charge in [0.1, 0.15) is 5.82 Å². The Hall–Kier alpha value is -2.14. The highest BCUT2D eigenvalue weighted by molar-refractivity contribution is 6.30. The third-order valence-corrected chi connectivity index (χ3v) is 5.09.